The summed E-state index contributed by atoms with van der Waals surface area (Å²) in [6, 6.07) is 2.69. The average Bonchev–Trinajstić information content (AvgIpc) is 3.05. The van der Waals surface area contributed by atoms with Crippen molar-refractivity contribution >= 4 is 5.82 Å². The summed E-state index contributed by atoms with van der Waals surface area (Å²) in [5.74, 6) is 3.25. The Morgan fingerprint density at radius 3 is 2.53 bits per heavy atom. The van der Waals surface area contributed by atoms with E-state index in [1.807, 2.05) is 6.92 Å². The van der Waals surface area contributed by atoms with E-state index in [9.17, 15) is 5.26 Å². The summed E-state index contributed by atoms with van der Waals surface area (Å²) in [7, 11) is 0. The van der Waals surface area contributed by atoms with Crippen molar-refractivity contribution in [1.82, 2.24) is 4.57 Å². The molecule has 4 atom stereocenters. The largest absolute Gasteiger partial charge is 0.384 e. The van der Waals surface area contributed by atoms with Crippen LogP contribution in [0.15, 0.2) is 0 Å². The monoisotopic (exact) mass is 257 g/mol. The fourth-order valence-corrected chi connectivity index (χ4v) is 4.60. The molecule has 3 rings (SSSR count). The lowest BCUT2D eigenvalue weighted by Gasteiger charge is -2.30. The second-order valence-corrected chi connectivity index (χ2v) is 6.53. The number of nitriles is 1. The van der Waals surface area contributed by atoms with Gasteiger partial charge in [0.1, 0.15) is 11.9 Å². The van der Waals surface area contributed by atoms with Crippen molar-refractivity contribution in [3.05, 3.63) is 16.8 Å². The van der Waals surface area contributed by atoms with E-state index >= 15 is 0 Å². The zero-order valence-corrected chi connectivity index (χ0v) is 12.1. The van der Waals surface area contributed by atoms with E-state index < -0.39 is 0 Å². The van der Waals surface area contributed by atoms with Crippen LogP contribution in [-0.2, 0) is 0 Å². The molecule has 2 bridgehead atoms. The molecule has 2 fully saturated rings. The zero-order chi connectivity index (χ0) is 13.7. The summed E-state index contributed by atoms with van der Waals surface area (Å²) < 4.78 is 2.22. The summed E-state index contributed by atoms with van der Waals surface area (Å²) in [6.07, 6.45) is 5.59. The maximum atomic E-state index is 9.25. The van der Waals surface area contributed by atoms with Gasteiger partial charge in [0.15, 0.2) is 0 Å². The summed E-state index contributed by atoms with van der Waals surface area (Å²) in [6.45, 7) is 6.39. The Labute approximate surface area is 115 Å². The summed E-state index contributed by atoms with van der Waals surface area (Å²) in [5, 5.41) is 9.25. The molecule has 0 radical (unpaired) electrons. The molecule has 0 amide bonds. The number of nitrogen functional groups attached to an aromatic ring is 1. The number of hydrogen-bond donors (Lipinski definition) is 1. The van der Waals surface area contributed by atoms with E-state index in [1.54, 1.807) is 0 Å². The van der Waals surface area contributed by atoms with Crippen LogP contribution < -0.4 is 5.73 Å². The lowest BCUT2D eigenvalue weighted by molar-refractivity contribution is 0.243. The van der Waals surface area contributed by atoms with Crippen molar-refractivity contribution in [2.24, 2.45) is 17.8 Å². The van der Waals surface area contributed by atoms with Crippen LogP contribution in [0.5, 0.6) is 0 Å². The molecule has 1 aromatic heterocycles. The third-order valence-electron chi connectivity index (χ3n) is 5.73. The molecule has 2 saturated carbocycles. The van der Waals surface area contributed by atoms with Gasteiger partial charge in [-0.05, 0) is 63.4 Å². The van der Waals surface area contributed by atoms with Crippen molar-refractivity contribution < 1.29 is 0 Å². The first-order valence-electron chi connectivity index (χ1n) is 7.41. The first kappa shape index (κ1) is 12.6. The van der Waals surface area contributed by atoms with Gasteiger partial charge in [-0.3, -0.25) is 0 Å². The van der Waals surface area contributed by atoms with Gasteiger partial charge in [0.2, 0.25) is 0 Å². The minimum atomic E-state index is 0.427. The molecule has 2 aliphatic carbocycles. The van der Waals surface area contributed by atoms with E-state index in [0.29, 0.717) is 17.4 Å². The maximum absolute atomic E-state index is 9.25. The number of aromatic nitrogens is 1. The fourth-order valence-electron chi connectivity index (χ4n) is 4.60. The first-order valence-corrected chi connectivity index (χ1v) is 7.41. The van der Waals surface area contributed by atoms with Crippen molar-refractivity contribution in [3.8, 4) is 6.07 Å². The van der Waals surface area contributed by atoms with Gasteiger partial charge in [0.05, 0.1) is 5.56 Å². The number of nitrogens with two attached hydrogens (primary N) is 1. The molecule has 1 heterocycles. The van der Waals surface area contributed by atoms with Crippen LogP contribution in [0, 0.1) is 42.9 Å². The van der Waals surface area contributed by atoms with Gasteiger partial charge in [0, 0.05) is 11.7 Å². The molecule has 0 aliphatic heterocycles. The average molecular weight is 257 g/mol. The molecule has 2 aliphatic rings. The molecule has 0 spiro atoms. The predicted octanol–water partition coefficient (Wildman–Crippen LogP) is 3.56. The minimum absolute atomic E-state index is 0.427. The Morgan fingerprint density at radius 2 is 2.05 bits per heavy atom. The van der Waals surface area contributed by atoms with Crippen LogP contribution in [0.1, 0.15) is 55.5 Å². The highest BCUT2D eigenvalue weighted by Gasteiger charge is 2.42. The SMILES string of the molecule is Cc1c(C#N)c(N)n(C(C)C2CC3CCC2C3)c1C. The van der Waals surface area contributed by atoms with Crippen LogP contribution in [0.3, 0.4) is 0 Å². The Kier molecular flexibility index (Phi) is 2.85. The second-order valence-electron chi connectivity index (χ2n) is 6.53. The lowest BCUT2D eigenvalue weighted by atomic mass is 9.84. The van der Waals surface area contributed by atoms with E-state index in [1.165, 1.54) is 31.4 Å². The van der Waals surface area contributed by atoms with E-state index in [-0.39, 0.29) is 0 Å². The van der Waals surface area contributed by atoms with Gasteiger partial charge in [-0.15, -0.1) is 0 Å². The molecular weight excluding hydrogens is 234 g/mol. The molecule has 2 N–H and O–H groups in total. The van der Waals surface area contributed by atoms with Crippen LogP contribution in [0.2, 0.25) is 0 Å². The zero-order valence-electron chi connectivity index (χ0n) is 12.1. The Hall–Kier alpha value is -1.43. The molecular formula is C16H23N3. The molecule has 3 nitrogen and oxygen atoms in total. The van der Waals surface area contributed by atoms with Crippen molar-refractivity contribution in [3.63, 3.8) is 0 Å². The van der Waals surface area contributed by atoms with Crippen LogP contribution in [0.25, 0.3) is 0 Å². The second kappa shape index (κ2) is 4.30. The van der Waals surface area contributed by atoms with E-state index in [2.05, 4.69) is 24.5 Å². The van der Waals surface area contributed by atoms with Gasteiger partial charge < -0.3 is 10.3 Å². The minimum Gasteiger partial charge on any atom is -0.384 e. The van der Waals surface area contributed by atoms with Crippen molar-refractivity contribution in [1.29, 1.82) is 5.26 Å². The maximum Gasteiger partial charge on any atom is 0.122 e. The lowest BCUT2D eigenvalue weighted by Crippen LogP contribution is -2.23. The van der Waals surface area contributed by atoms with Crippen LogP contribution in [-0.4, -0.2) is 4.57 Å². The highest BCUT2D eigenvalue weighted by atomic mass is 15.1. The highest BCUT2D eigenvalue weighted by molar-refractivity contribution is 5.58. The summed E-state index contributed by atoms with van der Waals surface area (Å²) in [5.41, 5.74) is 9.12. The van der Waals surface area contributed by atoms with Gasteiger partial charge in [-0.1, -0.05) is 6.42 Å². The fraction of sp³-hybridized carbons (Fsp3) is 0.688. The summed E-state index contributed by atoms with van der Waals surface area (Å²) in [4.78, 5) is 0. The Balaban J connectivity index is 1.97. The molecule has 3 heteroatoms. The van der Waals surface area contributed by atoms with Crippen molar-refractivity contribution in [2.75, 3.05) is 5.73 Å². The number of anilines is 1. The quantitative estimate of drug-likeness (QED) is 0.880. The topological polar surface area (TPSA) is 54.7 Å². The van der Waals surface area contributed by atoms with Crippen LogP contribution >= 0.6 is 0 Å². The molecule has 0 saturated heterocycles. The van der Waals surface area contributed by atoms with Gasteiger partial charge in [-0.25, -0.2) is 0 Å². The summed E-state index contributed by atoms with van der Waals surface area (Å²) >= 11 is 0. The highest BCUT2D eigenvalue weighted by Crippen LogP contribution is 2.52. The van der Waals surface area contributed by atoms with Crippen molar-refractivity contribution in [2.45, 2.75) is 52.5 Å². The standard InChI is InChI=1S/C16H23N3/c1-9-10(2)19(16(18)15(9)8-17)11(3)14-7-12-4-5-13(14)6-12/h11-14H,4-7,18H2,1-3H3. The van der Waals surface area contributed by atoms with E-state index in [4.69, 9.17) is 5.73 Å². The molecule has 4 unspecified atom stereocenters. The third-order valence-corrected chi connectivity index (χ3v) is 5.73. The predicted molar refractivity (Wildman–Crippen MR) is 76.7 cm³/mol. The molecule has 102 valence electrons. The van der Waals surface area contributed by atoms with Gasteiger partial charge in [-0.2, -0.15) is 5.26 Å². The Morgan fingerprint density at radius 1 is 1.32 bits per heavy atom. The molecule has 1 aromatic rings. The number of hydrogen-bond acceptors (Lipinski definition) is 2. The molecule has 19 heavy (non-hydrogen) atoms. The number of rotatable bonds is 2. The van der Waals surface area contributed by atoms with Crippen LogP contribution in [0.4, 0.5) is 5.82 Å². The van der Waals surface area contributed by atoms with Gasteiger partial charge >= 0.3 is 0 Å². The Bertz CT molecular complexity index is 549. The van der Waals surface area contributed by atoms with Gasteiger partial charge in [0.25, 0.3) is 0 Å². The van der Waals surface area contributed by atoms with E-state index in [0.717, 1.165) is 23.3 Å². The smallest absolute Gasteiger partial charge is 0.122 e. The first-order chi connectivity index (χ1) is 9.04. The third kappa shape index (κ3) is 1.69. The normalized spacial score (nSPS) is 30.5. The number of fused-ring (bicyclic) bond motifs is 2. The number of nitrogens with zero attached hydrogens (tertiary/aromatic N) is 2. The molecule has 0 aromatic carbocycles.